The van der Waals surface area contributed by atoms with E-state index in [2.05, 4.69) is 0 Å². The minimum absolute atomic E-state index is 0.352. The Morgan fingerprint density at radius 2 is 0.938 bits per heavy atom. The van der Waals surface area contributed by atoms with E-state index in [0.717, 1.165) is 19.3 Å². The van der Waals surface area contributed by atoms with Crippen LogP contribution in [0.3, 0.4) is 0 Å². The second-order valence-electron chi connectivity index (χ2n) is 4.58. The SMILES string of the molecule is O[CH]CCCCCCCCCCCCCO. The lowest BCUT2D eigenvalue weighted by molar-refractivity contribution is 0.282. The van der Waals surface area contributed by atoms with Crippen LogP contribution < -0.4 is 0 Å². The topological polar surface area (TPSA) is 40.5 Å². The van der Waals surface area contributed by atoms with Crippen molar-refractivity contribution in [1.29, 1.82) is 0 Å². The normalized spacial score (nSPS) is 10.9. The predicted molar refractivity (Wildman–Crippen MR) is 68.7 cm³/mol. The zero-order chi connectivity index (χ0) is 11.9. The number of rotatable bonds is 13. The van der Waals surface area contributed by atoms with Gasteiger partial charge in [0.25, 0.3) is 0 Å². The van der Waals surface area contributed by atoms with Crippen LogP contribution in [0.25, 0.3) is 0 Å². The van der Waals surface area contributed by atoms with Crippen molar-refractivity contribution in [2.45, 2.75) is 77.0 Å². The standard InChI is InChI=1S/C14H29O2/c15-13-11-9-7-5-3-1-2-4-6-8-10-12-14-16/h13,15-16H,1-12,14H2. The van der Waals surface area contributed by atoms with Crippen LogP contribution in [0.1, 0.15) is 77.0 Å². The average molecular weight is 229 g/mol. The predicted octanol–water partition coefficient (Wildman–Crippen LogP) is 4.19. The Balaban J connectivity index is 2.83. The van der Waals surface area contributed by atoms with E-state index in [1.807, 2.05) is 0 Å². The smallest absolute Gasteiger partial charge is 0.0799 e. The van der Waals surface area contributed by atoms with E-state index < -0.39 is 0 Å². The average Bonchev–Trinajstić information content (AvgIpc) is 2.31. The molecule has 2 heteroatoms. The first-order chi connectivity index (χ1) is 7.91. The molecule has 0 aromatic heterocycles. The molecule has 0 unspecified atom stereocenters. The largest absolute Gasteiger partial charge is 0.396 e. The van der Waals surface area contributed by atoms with Crippen LogP contribution in [0, 0.1) is 6.61 Å². The highest BCUT2D eigenvalue weighted by atomic mass is 16.3. The lowest BCUT2D eigenvalue weighted by Crippen LogP contribution is -1.85. The van der Waals surface area contributed by atoms with Crippen molar-refractivity contribution < 1.29 is 10.2 Å². The van der Waals surface area contributed by atoms with Crippen molar-refractivity contribution in [3.05, 3.63) is 6.61 Å². The highest BCUT2D eigenvalue weighted by Crippen LogP contribution is 2.11. The molecule has 0 fully saturated rings. The van der Waals surface area contributed by atoms with E-state index in [-0.39, 0.29) is 0 Å². The van der Waals surface area contributed by atoms with Gasteiger partial charge in [0.15, 0.2) is 0 Å². The Bertz CT molecular complexity index is 101. The number of hydrogen-bond donors (Lipinski definition) is 2. The summed E-state index contributed by atoms with van der Waals surface area (Å²) in [5, 5.41) is 17.1. The van der Waals surface area contributed by atoms with Gasteiger partial charge >= 0.3 is 0 Å². The summed E-state index contributed by atoms with van der Waals surface area (Å²) in [6.45, 7) is 1.62. The maximum atomic E-state index is 8.61. The first kappa shape index (κ1) is 15.9. The number of aliphatic hydroxyl groups excluding tert-OH is 2. The van der Waals surface area contributed by atoms with Gasteiger partial charge in [0.2, 0.25) is 0 Å². The van der Waals surface area contributed by atoms with Crippen LogP contribution in [-0.2, 0) is 0 Å². The third kappa shape index (κ3) is 13.9. The van der Waals surface area contributed by atoms with Crippen LogP contribution in [-0.4, -0.2) is 16.8 Å². The maximum absolute atomic E-state index is 8.61. The lowest BCUT2D eigenvalue weighted by Gasteiger charge is -2.02. The summed E-state index contributed by atoms with van der Waals surface area (Å²) in [4.78, 5) is 0. The van der Waals surface area contributed by atoms with E-state index in [9.17, 15) is 0 Å². The van der Waals surface area contributed by atoms with Gasteiger partial charge in [0, 0.05) is 6.61 Å². The van der Waals surface area contributed by atoms with E-state index in [1.165, 1.54) is 64.4 Å². The zero-order valence-electron chi connectivity index (χ0n) is 10.7. The molecule has 0 saturated heterocycles. The molecule has 0 saturated carbocycles. The summed E-state index contributed by atoms with van der Waals surface area (Å²) < 4.78 is 0. The maximum Gasteiger partial charge on any atom is 0.0799 e. The number of unbranched alkanes of at least 4 members (excludes halogenated alkanes) is 11. The molecule has 1 radical (unpaired) electrons. The van der Waals surface area contributed by atoms with Crippen LogP contribution in [0.15, 0.2) is 0 Å². The highest BCUT2D eigenvalue weighted by molar-refractivity contribution is 4.50. The Morgan fingerprint density at radius 1 is 0.562 bits per heavy atom. The van der Waals surface area contributed by atoms with Crippen molar-refractivity contribution in [3.8, 4) is 0 Å². The molecule has 0 bridgehead atoms. The summed E-state index contributed by atoms with van der Waals surface area (Å²) in [5.74, 6) is 0. The molecular formula is C14H29O2. The molecule has 2 N–H and O–H groups in total. The van der Waals surface area contributed by atoms with E-state index in [4.69, 9.17) is 10.2 Å². The molecule has 16 heavy (non-hydrogen) atoms. The monoisotopic (exact) mass is 229 g/mol. The van der Waals surface area contributed by atoms with Gasteiger partial charge in [0.1, 0.15) is 0 Å². The fraction of sp³-hybridized carbons (Fsp3) is 0.929. The number of hydrogen-bond acceptors (Lipinski definition) is 2. The quantitative estimate of drug-likeness (QED) is 0.465. The van der Waals surface area contributed by atoms with Gasteiger partial charge < -0.3 is 10.2 Å². The third-order valence-corrected chi connectivity index (χ3v) is 2.99. The van der Waals surface area contributed by atoms with Gasteiger partial charge in [0.05, 0.1) is 6.61 Å². The van der Waals surface area contributed by atoms with E-state index >= 15 is 0 Å². The van der Waals surface area contributed by atoms with Crippen LogP contribution >= 0.6 is 0 Å². The van der Waals surface area contributed by atoms with Crippen LogP contribution in [0.2, 0.25) is 0 Å². The Labute approximate surface area is 101 Å². The van der Waals surface area contributed by atoms with E-state index in [1.54, 1.807) is 0 Å². The molecule has 0 amide bonds. The molecule has 0 aromatic rings. The van der Waals surface area contributed by atoms with E-state index in [0.29, 0.717) is 6.61 Å². The Kier molecular flexibility index (Phi) is 14.8. The number of aliphatic hydroxyl groups is 2. The first-order valence-electron chi connectivity index (χ1n) is 6.98. The summed E-state index contributed by atoms with van der Waals surface area (Å²) in [7, 11) is 0. The molecule has 0 aromatic carbocycles. The zero-order valence-corrected chi connectivity index (χ0v) is 10.7. The highest BCUT2D eigenvalue weighted by Gasteiger charge is 1.93. The van der Waals surface area contributed by atoms with Crippen LogP contribution in [0.4, 0.5) is 0 Å². The molecule has 2 nitrogen and oxygen atoms in total. The van der Waals surface area contributed by atoms with Gasteiger partial charge in [-0.15, -0.1) is 0 Å². The van der Waals surface area contributed by atoms with Crippen molar-refractivity contribution in [1.82, 2.24) is 0 Å². The second-order valence-corrected chi connectivity index (χ2v) is 4.58. The Hall–Kier alpha value is -0.0800. The van der Waals surface area contributed by atoms with Crippen LogP contribution in [0.5, 0.6) is 0 Å². The minimum atomic E-state index is 0.352. The summed E-state index contributed by atoms with van der Waals surface area (Å²) in [6, 6.07) is 0. The van der Waals surface area contributed by atoms with Gasteiger partial charge in [-0.25, -0.2) is 0 Å². The molecule has 97 valence electrons. The van der Waals surface area contributed by atoms with Crippen molar-refractivity contribution in [2.75, 3.05) is 6.61 Å². The molecule has 0 rings (SSSR count). The molecule has 0 aliphatic rings. The third-order valence-electron chi connectivity index (χ3n) is 2.99. The summed E-state index contributed by atoms with van der Waals surface area (Å²) in [5.41, 5.74) is 0. The molecule has 0 spiro atoms. The summed E-state index contributed by atoms with van der Waals surface area (Å²) >= 11 is 0. The van der Waals surface area contributed by atoms with Crippen molar-refractivity contribution in [2.24, 2.45) is 0 Å². The molecular weight excluding hydrogens is 200 g/mol. The van der Waals surface area contributed by atoms with Gasteiger partial charge in [-0.05, 0) is 12.8 Å². The van der Waals surface area contributed by atoms with Gasteiger partial charge in [-0.1, -0.05) is 64.2 Å². The summed E-state index contributed by atoms with van der Waals surface area (Å²) in [6.07, 6.45) is 14.8. The van der Waals surface area contributed by atoms with Gasteiger partial charge in [-0.2, -0.15) is 0 Å². The van der Waals surface area contributed by atoms with Crippen molar-refractivity contribution >= 4 is 0 Å². The molecule has 0 heterocycles. The molecule has 0 aliphatic carbocycles. The van der Waals surface area contributed by atoms with Crippen molar-refractivity contribution in [3.63, 3.8) is 0 Å². The second kappa shape index (κ2) is 14.9. The molecule has 0 aliphatic heterocycles. The minimum Gasteiger partial charge on any atom is -0.396 e. The molecule has 0 atom stereocenters. The fourth-order valence-corrected chi connectivity index (χ4v) is 1.94. The fourth-order valence-electron chi connectivity index (χ4n) is 1.94. The lowest BCUT2D eigenvalue weighted by atomic mass is 10.1. The van der Waals surface area contributed by atoms with Gasteiger partial charge in [-0.3, -0.25) is 0 Å². The Morgan fingerprint density at radius 3 is 1.31 bits per heavy atom. The first-order valence-corrected chi connectivity index (χ1v) is 6.98.